The van der Waals surface area contributed by atoms with Gasteiger partial charge in [0.1, 0.15) is 5.75 Å². The van der Waals surface area contributed by atoms with Crippen LogP contribution in [0.5, 0.6) is 5.75 Å². The van der Waals surface area contributed by atoms with Crippen LogP contribution in [0, 0.1) is 13.8 Å². The average molecular weight is 329 g/mol. The van der Waals surface area contributed by atoms with Gasteiger partial charge in [0.2, 0.25) is 0 Å². The standard InChI is InChI=1S/C22H19NO2/c1-16-8-11-20(14-17(16)2)23-15-18-9-12-21(13-10-18)25-22(24)19-6-4-3-5-7-19/h3-15H,1-2H3. The first-order chi connectivity index (χ1) is 12.1. The van der Waals surface area contributed by atoms with Gasteiger partial charge in [0.15, 0.2) is 0 Å². The highest BCUT2D eigenvalue weighted by atomic mass is 16.5. The van der Waals surface area contributed by atoms with Gasteiger partial charge in [-0.3, -0.25) is 4.99 Å². The van der Waals surface area contributed by atoms with E-state index in [2.05, 4.69) is 31.0 Å². The number of esters is 1. The second-order valence-electron chi connectivity index (χ2n) is 5.85. The third-order valence-corrected chi connectivity index (χ3v) is 3.95. The van der Waals surface area contributed by atoms with E-state index in [1.807, 2.05) is 36.4 Å². The molecule has 0 unspecified atom stereocenters. The second-order valence-corrected chi connectivity index (χ2v) is 5.85. The molecule has 25 heavy (non-hydrogen) atoms. The van der Waals surface area contributed by atoms with Crippen LogP contribution in [-0.2, 0) is 0 Å². The van der Waals surface area contributed by atoms with Crippen molar-refractivity contribution in [1.82, 2.24) is 0 Å². The van der Waals surface area contributed by atoms with Crippen LogP contribution in [0.15, 0.2) is 77.8 Å². The van der Waals surface area contributed by atoms with Crippen molar-refractivity contribution < 1.29 is 9.53 Å². The van der Waals surface area contributed by atoms with Crippen molar-refractivity contribution in [3.63, 3.8) is 0 Å². The Bertz CT molecular complexity index is 897. The van der Waals surface area contributed by atoms with Crippen molar-refractivity contribution in [3.8, 4) is 5.75 Å². The van der Waals surface area contributed by atoms with Gasteiger partial charge in [-0.15, -0.1) is 0 Å². The van der Waals surface area contributed by atoms with Crippen LogP contribution in [0.1, 0.15) is 27.0 Å². The van der Waals surface area contributed by atoms with Crippen LogP contribution >= 0.6 is 0 Å². The summed E-state index contributed by atoms with van der Waals surface area (Å²) in [7, 11) is 0. The predicted octanol–water partition coefficient (Wildman–Crippen LogP) is 5.27. The minimum Gasteiger partial charge on any atom is -0.423 e. The lowest BCUT2D eigenvalue weighted by Gasteiger charge is -2.04. The molecule has 0 aliphatic rings. The second kappa shape index (κ2) is 7.58. The number of aryl methyl sites for hydroxylation is 2. The Labute approximate surface area is 147 Å². The zero-order valence-electron chi connectivity index (χ0n) is 14.3. The molecule has 0 radical (unpaired) electrons. The molecule has 0 heterocycles. The van der Waals surface area contributed by atoms with E-state index >= 15 is 0 Å². The Morgan fingerprint density at radius 3 is 2.28 bits per heavy atom. The number of hydrogen-bond acceptors (Lipinski definition) is 3. The highest BCUT2D eigenvalue weighted by molar-refractivity contribution is 5.91. The molecule has 0 fully saturated rings. The fourth-order valence-corrected chi connectivity index (χ4v) is 2.32. The van der Waals surface area contributed by atoms with Crippen LogP contribution in [0.4, 0.5) is 5.69 Å². The fourth-order valence-electron chi connectivity index (χ4n) is 2.32. The van der Waals surface area contributed by atoms with Gasteiger partial charge in [0.25, 0.3) is 0 Å². The number of hydrogen-bond donors (Lipinski definition) is 0. The Morgan fingerprint density at radius 1 is 0.880 bits per heavy atom. The summed E-state index contributed by atoms with van der Waals surface area (Å²) < 4.78 is 5.36. The molecule has 0 aliphatic carbocycles. The Morgan fingerprint density at radius 2 is 1.60 bits per heavy atom. The highest BCUT2D eigenvalue weighted by Gasteiger charge is 2.07. The van der Waals surface area contributed by atoms with Crippen molar-refractivity contribution >= 4 is 17.9 Å². The molecule has 3 heteroatoms. The van der Waals surface area contributed by atoms with Crippen molar-refractivity contribution in [1.29, 1.82) is 0 Å². The average Bonchev–Trinajstić information content (AvgIpc) is 2.64. The van der Waals surface area contributed by atoms with Gasteiger partial charge in [0.05, 0.1) is 11.3 Å². The zero-order chi connectivity index (χ0) is 17.6. The summed E-state index contributed by atoms with van der Waals surface area (Å²) >= 11 is 0. The summed E-state index contributed by atoms with van der Waals surface area (Å²) in [5.74, 6) is 0.148. The molecule has 3 aromatic rings. The van der Waals surface area contributed by atoms with E-state index < -0.39 is 0 Å². The zero-order valence-corrected chi connectivity index (χ0v) is 14.3. The molecule has 124 valence electrons. The SMILES string of the molecule is Cc1ccc(N=Cc2ccc(OC(=O)c3ccccc3)cc2)cc1C. The number of aliphatic imine (C=N–C) groups is 1. The maximum absolute atomic E-state index is 12.0. The van der Waals surface area contributed by atoms with E-state index in [0.29, 0.717) is 11.3 Å². The predicted molar refractivity (Wildman–Crippen MR) is 101 cm³/mol. The van der Waals surface area contributed by atoms with Gasteiger partial charge >= 0.3 is 5.97 Å². The van der Waals surface area contributed by atoms with Gasteiger partial charge in [0, 0.05) is 6.21 Å². The van der Waals surface area contributed by atoms with E-state index in [4.69, 9.17) is 4.74 Å². The van der Waals surface area contributed by atoms with E-state index in [1.165, 1.54) is 11.1 Å². The lowest BCUT2D eigenvalue weighted by Crippen LogP contribution is -2.07. The first-order valence-corrected chi connectivity index (χ1v) is 8.10. The normalized spacial score (nSPS) is 10.8. The molecule has 3 rings (SSSR count). The molecule has 0 N–H and O–H groups in total. The molecule has 0 spiro atoms. The maximum atomic E-state index is 12.0. The smallest absolute Gasteiger partial charge is 0.343 e. The third-order valence-electron chi connectivity index (χ3n) is 3.95. The summed E-state index contributed by atoms with van der Waals surface area (Å²) in [5.41, 5.74) is 4.87. The first-order valence-electron chi connectivity index (χ1n) is 8.10. The van der Waals surface area contributed by atoms with Crippen molar-refractivity contribution in [3.05, 3.63) is 95.1 Å². The van der Waals surface area contributed by atoms with Gasteiger partial charge in [-0.2, -0.15) is 0 Å². The quantitative estimate of drug-likeness (QED) is 0.371. The Hall–Kier alpha value is -3.20. The molecule has 3 nitrogen and oxygen atoms in total. The number of nitrogens with zero attached hydrogens (tertiary/aromatic N) is 1. The van der Waals surface area contributed by atoms with Crippen LogP contribution < -0.4 is 4.74 Å². The summed E-state index contributed by atoms with van der Waals surface area (Å²) in [6.07, 6.45) is 1.80. The summed E-state index contributed by atoms with van der Waals surface area (Å²) in [4.78, 5) is 16.5. The molecule has 0 bridgehead atoms. The third kappa shape index (κ3) is 4.42. The van der Waals surface area contributed by atoms with Gasteiger partial charge in [-0.25, -0.2) is 4.79 Å². The molecule has 0 saturated heterocycles. The Kier molecular flexibility index (Phi) is 5.05. The lowest BCUT2D eigenvalue weighted by molar-refractivity contribution is 0.0735. The minimum atomic E-state index is -0.364. The monoisotopic (exact) mass is 329 g/mol. The van der Waals surface area contributed by atoms with Crippen molar-refractivity contribution in [2.75, 3.05) is 0 Å². The van der Waals surface area contributed by atoms with Gasteiger partial charge < -0.3 is 4.74 Å². The van der Waals surface area contributed by atoms with Crippen LogP contribution in [0.25, 0.3) is 0 Å². The summed E-state index contributed by atoms with van der Waals surface area (Å²) in [6, 6.07) is 22.3. The lowest BCUT2D eigenvalue weighted by atomic mass is 10.1. The molecule has 0 saturated carbocycles. The van der Waals surface area contributed by atoms with Crippen molar-refractivity contribution in [2.45, 2.75) is 13.8 Å². The van der Waals surface area contributed by atoms with Crippen LogP contribution in [0.2, 0.25) is 0 Å². The number of carbonyl (C=O) groups excluding carboxylic acids is 1. The van der Waals surface area contributed by atoms with E-state index in [9.17, 15) is 4.79 Å². The van der Waals surface area contributed by atoms with E-state index in [1.54, 1.807) is 30.5 Å². The minimum absolute atomic E-state index is 0.364. The number of benzene rings is 3. The highest BCUT2D eigenvalue weighted by Crippen LogP contribution is 2.18. The van der Waals surface area contributed by atoms with E-state index in [0.717, 1.165) is 11.3 Å². The molecule has 0 amide bonds. The molecule has 0 atom stereocenters. The number of carbonyl (C=O) groups is 1. The molecule has 0 aliphatic heterocycles. The molecular formula is C22H19NO2. The van der Waals surface area contributed by atoms with Crippen LogP contribution in [-0.4, -0.2) is 12.2 Å². The summed E-state index contributed by atoms with van der Waals surface area (Å²) in [6.45, 7) is 4.16. The fraction of sp³-hybridized carbons (Fsp3) is 0.0909. The number of rotatable bonds is 4. The maximum Gasteiger partial charge on any atom is 0.343 e. The summed E-state index contributed by atoms with van der Waals surface area (Å²) in [5, 5.41) is 0. The Balaban J connectivity index is 1.66. The van der Waals surface area contributed by atoms with Crippen LogP contribution in [0.3, 0.4) is 0 Å². The van der Waals surface area contributed by atoms with Gasteiger partial charge in [-0.05, 0) is 79.1 Å². The van der Waals surface area contributed by atoms with Crippen molar-refractivity contribution in [2.24, 2.45) is 4.99 Å². The first kappa shape index (κ1) is 16.7. The molecule has 0 aromatic heterocycles. The topological polar surface area (TPSA) is 38.7 Å². The van der Waals surface area contributed by atoms with Gasteiger partial charge in [-0.1, -0.05) is 24.3 Å². The largest absolute Gasteiger partial charge is 0.423 e. The molecular weight excluding hydrogens is 310 g/mol. The number of ether oxygens (including phenoxy) is 1. The molecule has 3 aromatic carbocycles. The van der Waals surface area contributed by atoms with E-state index in [-0.39, 0.29) is 5.97 Å².